The van der Waals surface area contributed by atoms with Crippen molar-refractivity contribution in [2.24, 2.45) is 7.05 Å². The number of rotatable bonds is 8. The first kappa shape index (κ1) is 25.9. The summed E-state index contributed by atoms with van der Waals surface area (Å²) in [7, 11) is 3.28. The van der Waals surface area contributed by atoms with Crippen LogP contribution in [0.2, 0.25) is 0 Å². The summed E-state index contributed by atoms with van der Waals surface area (Å²) < 4.78 is 7.07. The molecule has 2 aromatic carbocycles. The van der Waals surface area contributed by atoms with Crippen LogP contribution < -0.4 is 15.4 Å². The van der Waals surface area contributed by atoms with Crippen molar-refractivity contribution in [3.63, 3.8) is 0 Å². The molecule has 0 saturated carbocycles. The SMILES string of the molecule is CCc1cccc(CC)c1NC(=O)c1nn(C)c2c1CCc1cnc(Nc3ccc(C(=O)O)cc3OC)nc1-2. The number of ether oxygens (including phenoxy) is 1. The summed E-state index contributed by atoms with van der Waals surface area (Å²) in [6, 6.07) is 10.6. The van der Waals surface area contributed by atoms with Gasteiger partial charge in [0, 0.05) is 24.5 Å². The van der Waals surface area contributed by atoms with Crippen LogP contribution in [0.5, 0.6) is 5.75 Å². The third kappa shape index (κ3) is 4.81. The highest BCUT2D eigenvalue weighted by Crippen LogP contribution is 2.36. The number of aromatic carboxylic acids is 1. The van der Waals surface area contributed by atoms with E-state index in [0.717, 1.165) is 46.5 Å². The molecule has 0 fully saturated rings. The predicted octanol–water partition coefficient (Wildman–Crippen LogP) is 4.80. The Morgan fingerprint density at radius 3 is 2.51 bits per heavy atom. The number of amides is 1. The van der Waals surface area contributed by atoms with Crippen molar-refractivity contribution in [1.29, 1.82) is 0 Å². The van der Waals surface area contributed by atoms with Gasteiger partial charge >= 0.3 is 5.97 Å². The smallest absolute Gasteiger partial charge is 0.335 e. The molecule has 0 bridgehead atoms. The highest BCUT2D eigenvalue weighted by molar-refractivity contribution is 6.06. The van der Waals surface area contributed by atoms with E-state index in [0.29, 0.717) is 41.6 Å². The molecule has 1 aliphatic rings. The lowest BCUT2D eigenvalue weighted by Crippen LogP contribution is -2.18. The second kappa shape index (κ2) is 10.6. The van der Waals surface area contributed by atoms with E-state index < -0.39 is 5.97 Å². The van der Waals surface area contributed by atoms with Crippen LogP contribution in [0.25, 0.3) is 11.4 Å². The molecule has 3 N–H and O–H groups in total. The number of hydrogen-bond acceptors (Lipinski definition) is 7. The van der Waals surface area contributed by atoms with Crippen molar-refractivity contribution in [3.8, 4) is 17.1 Å². The molecule has 4 aromatic rings. The molecular formula is C29H30N6O4. The minimum Gasteiger partial charge on any atom is -0.495 e. The molecular weight excluding hydrogens is 496 g/mol. The van der Waals surface area contributed by atoms with E-state index in [2.05, 4.69) is 34.6 Å². The fraction of sp³-hybridized carbons (Fsp3) is 0.276. The molecule has 1 aliphatic carbocycles. The van der Waals surface area contributed by atoms with Crippen molar-refractivity contribution >= 4 is 29.2 Å². The zero-order chi connectivity index (χ0) is 27.7. The summed E-state index contributed by atoms with van der Waals surface area (Å²) in [5.41, 5.74) is 7.37. The number of aromatic nitrogens is 4. The lowest BCUT2D eigenvalue weighted by Gasteiger charge is -2.18. The predicted molar refractivity (Wildman–Crippen MR) is 148 cm³/mol. The lowest BCUT2D eigenvalue weighted by molar-refractivity contribution is 0.0696. The Morgan fingerprint density at radius 1 is 1.10 bits per heavy atom. The number of carbonyl (C=O) groups excluding carboxylic acids is 1. The van der Waals surface area contributed by atoms with Crippen molar-refractivity contribution in [1.82, 2.24) is 19.7 Å². The largest absolute Gasteiger partial charge is 0.495 e. The molecule has 0 atom stereocenters. The molecule has 0 unspecified atom stereocenters. The number of methoxy groups -OCH3 is 1. The first-order valence-electron chi connectivity index (χ1n) is 12.9. The number of carboxylic acids is 1. The lowest BCUT2D eigenvalue weighted by atomic mass is 9.93. The first-order valence-corrected chi connectivity index (χ1v) is 12.9. The van der Waals surface area contributed by atoms with E-state index in [9.17, 15) is 14.7 Å². The minimum atomic E-state index is -1.04. The Kier molecular flexibility index (Phi) is 7.02. The third-order valence-electron chi connectivity index (χ3n) is 7.03. The van der Waals surface area contributed by atoms with Crippen LogP contribution in [-0.4, -0.2) is 43.8 Å². The van der Waals surface area contributed by atoms with Gasteiger partial charge in [0.05, 0.1) is 29.7 Å². The van der Waals surface area contributed by atoms with Crippen molar-refractivity contribution < 1.29 is 19.4 Å². The molecule has 200 valence electrons. The van der Waals surface area contributed by atoms with Crippen LogP contribution in [0.3, 0.4) is 0 Å². The highest BCUT2D eigenvalue weighted by Gasteiger charge is 2.29. The number of aryl methyl sites for hydroxylation is 4. The van der Waals surface area contributed by atoms with Gasteiger partial charge in [0.25, 0.3) is 5.91 Å². The summed E-state index contributed by atoms with van der Waals surface area (Å²) in [4.78, 5) is 34.1. The molecule has 2 aromatic heterocycles. The quantitative estimate of drug-likeness (QED) is 0.298. The number of carbonyl (C=O) groups is 2. The van der Waals surface area contributed by atoms with E-state index in [1.54, 1.807) is 16.9 Å². The number of fused-ring (bicyclic) bond motifs is 3. The standard InChI is InChI=1S/C29H30N6O4/c1-5-16-8-7-9-17(6-2)23(16)32-27(36)25-20-12-10-19-15-30-29(33-24(19)26(20)35(3)34-25)31-21-13-11-18(28(37)38)14-22(21)39-4/h7-9,11,13-15H,5-6,10,12H2,1-4H3,(H,32,36)(H,37,38)(H,30,31,33). The van der Waals surface area contributed by atoms with E-state index >= 15 is 0 Å². The summed E-state index contributed by atoms with van der Waals surface area (Å²) in [5.74, 6) is -0.603. The van der Waals surface area contributed by atoms with Crippen molar-refractivity contribution in [2.45, 2.75) is 39.5 Å². The average Bonchev–Trinajstić information content (AvgIpc) is 3.30. The average molecular weight is 527 g/mol. The van der Waals surface area contributed by atoms with Crippen LogP contribution in [0.1, 0.15) is 56.9 Å². The van der Waals surface area contributed by atoms with Gasteiger partial charge in [-0.25, -0.2) is 14.8 Å². The van der Waals surface area contributed by atoms with Crippen LogP contribution in [-0.2, 0) is 32.7 Å². The Morgan fingerprint density at radius 2 is 1.85 bits per heavy atom. The Hall–Kier alpha value is -4.73. The summed E-state index contributed by atoms with van der Waals surface area (Å²) in [6.45, 7) is 4.15. The maximum Gasteiger partial charge on any atom is 0.335 e. The number of carboxylic acid groups (broad SMARTS) is 1. The minimum absolute atomic E-state index is 0.113. The molecule has 10 nitrogen and oxygen atoms in total. The van der Waals surface area contributed by atoms with Gasteiger partial charge in [0.2, 0.25) is 5.95 Å². The number of anilines is 3. The van der Waals surface area contributed by atoms with Gasteiger partial charge in [0.1, 0.15) is 5.75 Å². The van der Waals surface area contributed by atoms with E-state index in [-0.39, 0.29) is 11.5 Å². The molecule has 1 amide bonds. The van der Waals surface area contributed by atoms with Gasteiger partial charge in [-0.15, -0.1) is 0 Å². The van der Waals surface area contributed by atoms with E-state index in [1.807, 2.05) is 25.2 Å². The van der Waals surface area contributed by atoms with Crippen LogP contribution in [0.15, 0.2) is 42.6 Å². The molecule has 0 saturated heterocycles. The van der Waals surface area contributed by atoms with Gasteiger partial charge in [-0.1, -0.05) is 32.0 Å². The molecule has 39 heavy (non-hydrogen) atoms. The Labute approximate surface area is 226 Å². The Balaban J connectivity index is 1.48. The zero-order valence-corrected chi connectivity index (χ0v) is 22.3. The molecule has 0 aliphatic heterocycles. The Bertz CT molecular complexity index is 1570. The van der Waals surface area contributed by atoms with Gasteiger partial charge < -0.3 is 20.5 Å². The van der Waals surface area contributed by atoms with Gasteiger partial charge in [0.15, 0.2) is 5.69 Å². The van der Waals surface area contributed by atoms with Crippen molar-refractivity contribution in [2.75, 3.05) is 17.7 Å². The fourth-order valence-electron chi connectivity index (χ4n) is 5.02. The maximum absolute atomic E-state index is 13.5. The molecule has 0 radical (unpaired) electrons. The summed E-state index contributed by atoms with van der Waals surface area (Å²) in [5, 5.41) is 20.2. The molecule has 2 heterocycles. The highest BCUT2D eigenvalue weighted by atomic mass is 16.5. The monoisotopic (exact) mass is 526 g/mol. The second-order valence-electron chi connectivity index (χ2n) is 9.32. The number of para-hydroxylation sites is 1. The normalized spacial score (nSPS) is 11.9. The first-order chi connectivity index (χ1) is 18.8. The number of nitrogens with one attached hydrogen (secondary N) is 2. The topological polar surface area (TPSA) is 131 Å². The summed E-state index contributed by atoms with van der Waals surface area (Å²) in [6.07, 6.45) is 4.72. The van der Waals surface area contributed by atoms with Gasteiger partial charge in [-0.05, 0) is 60.6 Å². The zero-order valence-electron chi connectivity index (χ0n) is 22.3. The number of nitrogens with zero attached hydrogens (tertiary/aromatic N) is 4. The van der Waals surface area contributed by atoms with Crippen LogP contribution >= 0.6 is 0 Å². The third-order valence-corrected chi connectivity index (χ3v) is 7.03. The van der Waals surface area contributed by atoms with Crippen LogP contribution in [0.4, 0.5) is 17.3 Å². The van der Waals surface area contributed by atoms with Crippen LogP contribution in [0, 0.1) is 0 Å². The molecule has 0 spiro atoms. The fourth-order valence-corrected chi connectivity index (χ4v) is 5.02. The molecule has 10 heteroatoms. The maximum atomic E-state index is 13.5. The van der Waals surface area contributed by atoms with E-state index in [1.165, 1.54) is 19.2 Å². The second-order valence-corrected chi connectivity index (χ2v) is 9.32. The number of hydrogen-bond donors (Lipinski definition) is 3. The number of benzene rings is 2. The summed E-state index contributed by atoms with van der Waals surface area (Å²) >= 11 is 0. The van der Waals surface area contributed by atoms with Gasteiger partial charge in [-0.3, -0.25) is 9.48 Å². The molecule has 5 rings (SSSR count). The van der Waals surface area contributed by atoms with Crippen molar-refractivity contribution in [3.05, 3.63) is 76.1 Å². The van der Waals surface area contributed by atoms with Gasteiger partial charge in [-0.2, -0.15) is 5.10 Å². The van der Waals surface area contributed by atoms with E-state index in [4.69, 9.17) is 9.72 Å².